The zero-order chi connectivity index (χ0) is 17.3. The van der Waals surface area contributed by atoms with Gasteiger partial charge in [-0.1, -0.05) is 48.0 Å². The van der Waals surface area contributed by atoms with Crippen LogP contribution in [-0.4, -0.2) is 5.91 Å². The maximum Gasteiger partial charge on any atom is 0.258 e. The highest BCUT2D eigenvalue weighted by molar-refractivity contribution is 7.20. The quantitative estimate of drug-likeness (QED) is 0.693. The van der Waals surface area contributed by atoms with Crippen molar-refractivity contribution in [1.29, 1.82) is 0 Å². The molecular formula is C20H20N2OS. The molecule has 3 N–H and O–H groups in total. The monoisotopic (exact) mass is 336 g/mol. The van der Waals surface area contributed by atoms with Crippen molar-refractivity contribution in [3.63, 3.8) is 0 Å². The number of amides is 1. The van der Waals surface area contributed by atoms with Crippen LogP contribution in [0.15, 0.2) is 48.5 Å². The second kappa shape index (κ2) is 6.49. The van der Waals surface area contributed by atoms with E-state index in [0.717, 1.165) is 27.3 Å². The summed E-state index contributed by atoms with van der Waals surface area (Å²) in [5.74, 6) is -0.157. The summed E-state index contributed by atoms with van der Waals surface area (Å²) in [7, 11) is 0. The highest BCUT2D eigenvalue weighted by Crippen LogP contribution is 2.38. The topological polar surface area (TPSA) is 55.1 Å². The third-order valence-corrected chi connectivity index (χ3v) is 5.24. The number of nitrogens with two attached hydrogens (primary N) is 1. The van der Waals surface area contributed by atoms with E-state index in [1.807, 2.05) is 63.2 Å². The van der Waals surface area contributed by atoms with Gasteiger partial charge in [0.2, 0.25) is 0 Å². The van der Waals surface area contributed by atoms with Crippen LogP contribution in [0.4, 0.5) is 10.7 Å². The molecule has 0 radical (unpaired) electrons. The second-order valence-corrected chi connectivity index (χ2v) is 6.99. The molecule has 1 heterocycles. The Morgan fingerprint density at radius 1 is 1.04 bits per heavy atom. The molecule has 0 atom stereocenters. The number of rotatable bonds is 3. The van der Waals surface area contributed by atoms with Gasteiger partial charge in [-0.05, 0) is 43.5 Å². The van der Waals surface area contributed by atoms with E-state index in [-0.39, 0.29) is 5.91 Å². The van der Waals surface area contributed by atoms with Crippen LogP contribution in [0.25, 0.3) is 10.4 Å². The molecule has 0 aliphatic heterocycles. The van der Waals surface area contributed by atoms with Crippen LogP contribution in [-0.2, 0) is 0 Å². The molecule has 0 aliphatic rings. The molecule has 3 rings (SSSR count). The average molecular weight is 336 g/mol. The van der Waals surface area contributed by atoms with E-state index >= 15 is 0 Å². The first-order valence-corrected chi connectivity index (χ1v) is 8.62. The molecule has 1 aromatic heterocycles. The van der Waals surface area contributed by atoms with Crippen LogP contribution in [0.3, 0.4) is 0 Å². The number of nitrogens with one attached hydrogen (secondary N) is 1. The van der Waals surface area contributed by atoms with Crippen molar-refractivity contribution in [2.45, 2.75) is 20.8 Å². The lowest BCUT2D eigenvalue weighted by atomic mass is 10.1. The van der Waals surface area contributed by atoms with Gasteiger partial charge in [0.25, 0.3) is 5.91 Å². The van der Waals surface area contributed by atoms with Crippen LogP contribution in [0.2, 0.25) is 0 Å². The summed E-state index contributed by atoms with van der Waals surface area (Å²) in [6, 6.07) is 16.0. The molecule has 3 nitrogen and oxygen atoms in total. The first kappa shape index (κ1) is 16.3. The number of anilines is 2. The molecule has 0 saturated carbocycles. The van der Waals surface area contributed by atoms with Crippen molar-refractivity contribution in [2.75, 3.05) is 11.1 Å². The van der Waals surface area contributed by atoms with Crippen LogP contribution in [0, 0.1) is 20.8 Å². The van der Waals surface area contributed by atoms with Gasteiger partial charge >= 0.3 is 0 Å². The molecular weight excluding hydrogens is 316 g/mol. The lowest BCUT2D eigenvalue weighted by Crippen LogP contribution is -2.14. The summed E-state index contributed by atoms with van der Waals surface area (Å²) in [5.41, 5.74) is 11.8. The van der Waals surface area contributed by atoms with Gasteiger partial charge in [-0.3, -0.25) is 4.79 Å². The minimum Gasteiger partial charge on any atom is -0.390 e. The molecule has 2 aromatic carbocycles. The highest BCUT2D eigenvalue weighted by Gasteiger charge is 2.20. The normalized spacial score (nSPS) is 10.6. The molecule has 24 heavy (non-hydrogen) atoms. The fraction of sp³-hybridized carbons (Fsp3) is 0.150. The maximum atomic E-state index is 12.8. The Labute approximate surface area is 146 Å². The number of hydrogen-bond acceptors (Lipinski definition) is 3. The molecule has 122 valence electrons. The molecule has 1 amide bonds. The maximum absolute atomic E-state index is 12.8. The summed E-state index contributed by atoms with van der Waals surface area (Å²) in [5, 5.41) is 3.54. The van der Waals surface area contributed by atoms with Crippen molar-refractivity contribution in [1.82, 2.24) is 0 Å². The number of benzene rings is 2. The predicted octanol–water partition coefficient (Wildman–Crippen LogP) is 5.17. The Hall–Kier alpha value is -2.59. The summed E-state index contributed by atoms with van der Waals surface area (Å²) in [4.78, 5) is 13.8. The third-order valence-electron chi connectivity index (χ3n) is 4.07. The van der Waals surface area contributed by atoms with E-state index in [0.29, 0.717) is 10.6 Å². The fourth-order valence-electron chi connectivity index (χ4n) is 2.82. The van der Waals surface area contributed by atoms with Crippen molar-refractivity contribution in [2.24, 2.45) is 0 Å². The number of carbonyl (C=O) groups excluding carboxylic acids is 1. The van der Waals surface area contributed by atoms with Gasteiger partial charge < -0.3 is 11.1 Å². The number of nitrogen functional groups attached to an aromatic ring is 1. The van der Waals surface area contributed by atoms with Crippen molar-refractivity contribution >= 4 is 27.9 Å². The zero-order valence-electron chi connectivity index (χ0n) is 14.0. The molecule has 3 aromatic rings. The van der Waals surface area contributed by atoms with Gasteiger partial charge in [0.05, 0.1) is 10.6 Å². The van der Waals surface area contributed by atoms with Crippen LogP contribution in [0.5, 0.6) is 0 Å². The van der Waals surface area contributed by atoms with E-state index in [9.17, 15) is 4.79 Å². The highest BCUT2D eigenvalue weighted by atomic mass is 32.1. The molecule has 0 saturated heterocycles. The third kappa shape index (κ3) is 3.05. The Morgan fingerprint density at radius 2 is 1.75 bits per heavy atom. The van der Waals surface area contributed by atoms with Gasteiger partial charge in [0.1, 0.15) is 0 Å². The van der Waals surface area contributed by atoms with Crippen LogP contribution < -0.4 is 11.1 Å². The molecule has 0 bridgehead atoms. The Bertz CT molecular complexity index is 898. The number of aryl methyl sites for hydroxylation is 2. The summed E-state index contributed by atoms with van der Waals surface area (Å²) >= 11 is 1.46. The van der Waals surface area contributed by atoms with Crippen molar-refractivity contribution in [3.8, 4) is 10.4 Å². The molecule has 0 fully saturated rings. The van der Waals surface area contributed by atoms with Gasteiger partial charge in [0, 0.05) is 10.6 Å². The van der Waals surface area contributed by atoms with E-state index in [4.69, 9.17) is 5.73 Å². The van der Waals surface area contributed by atoms with Gasteiger partial charge in [-0.25, -0.2) is 0 Å². The smallest absolute Gasteiger partial charge is 0.258 e. The SMILES string of the molecule is Cc1ccc(NC(=O)c2c(N)sc(-c3ccccc3)c2C)c(C)c1. The summed E-state index contributed by atoms with van der Waals surface area (Å²) in [6.45, 7) is 5.97. The van der Waals surface area contributed by atoms with Gasteiger partial charge in [-0.15, -0.1) is 11.3 Å². The van der Waals surface area contributed by atoms with Gasteiger partial charge in [0.15, 0.2) is 0 Å². The number of carbonyl (C=O) groups is 1. The van der Waals surface area contributed by atoms with E-state index in [2.05, 4.69) is 11.4 Å². The average Bonchev–Trinajstić information content (AvgIpc) is 2.85. The molecule has 0 aliphatic carbocycles. The molecule has 0 spiro atoms. The Balaban J connectivity index is 1.95. The lowest BCUT2D eigenvalue weighted by molar-refractivity contribution is 0.102. The van der Waals surface area contributed by atoms with E-state index in [1.54, 1.807) is 0 Å². The zero-order valence-corrected chi connectivity index (χ0v) is 14.8. The molecule has 0 unspecified atom stereocenters. The second-order valence-electron chi connectivity index (χ2n) is 5.93. The lowest BCUT2D eigenvalue weighted by Gasteiger charge is -2.10. The fourth-order valence-corrected chi connectivity index (χ4v) is 3.90. The number of thiophene rings is 1. The van der Waals surface area contributed by atoms with Crippen molar-refractivity contribution < 1.29 is 4.79 Å². The van der Waals surface area contributed by atoms with Gasteiger partial charge in [-0.2, -0.15) is 0 Å². The minimum absolute atomic E-state index is 0.157. The first-order valence-electron chi connectivity index (χ1n) is 7.80. The van der Waals surface area contributed by atoms with Crippen molar-refractivity contribution in [3.05, 3.63) is 70.8 Å². The van der Waals surface area contributed by atoms with Crippen LogP contribution >= 0.6 is 11.3 Å². The Morgan fingerprint density at radius 3 is 2.42 bits per heavy atom. The predicted molar refractivity (Wildman–Crippen MR) is 103 cm³/mol. The standard InChI is InChI=1S/C20H20N2OS/c1-12-9-10-16(13(2)11-12)22-20(23)17-14(3)18(24-19(17)21)15-7-5-4-6-8-15/h4-11H,21H2,1-3H3,(H,22,23). The summed E-state index contributed by atoms with van der Waals surface area (Å²) < 4.78 is 0. The molecule has 4 heteroatoms. The first-order chi connectivity index (χ1) is 11.5. The van der Waals surface area contributed by atoms with E-state index in [1.165, 1.54) is 16.9 Å². The number of hydrogen-bond donors (Lipinski definition) is 2. The van der Waals surface area contributed by atoms with Crippen LogP contribution in [0.1, 0.15) is 27.0 Å². The van der Waals surface area contributed by atoms with E-state index < -0.39 is 0 Å². The largest absolute Gasteiger partial charge is 0.390 e. The Kier molecular flexibility index (Phi) is 4.40. The summed E-state index contributed by atoms with van der Waals surface area (Å²) in [6.07, 6.45) is 0. The minimum atomic E-state index is -0.157.